The van der Waals surface area contributed by atoms with Crippen molar-refractivity contribution in [3.63, 3.8) is 0 Å². The van der Waals surface area contributed by atoms with Gasteiger partial charge in [-0.15, -0.1) is 11.3 Å². The van der Waals surface area contributed by atoms with Crippen LogP contribution in [-0.2, 0) is 12.8 Å². The summed E-state index contributed by atoms with van der Waals surface area (Å²) in [6.07, 6.45) is 1.91. The lowest BCUT2D eigenvalue weighted by Gasteiger charge is -2.27. The molecule has 0 aliphatic carbocycles. The van der Waals surface area contributed by atoms with Crippen LogP contribution in [0.5, 0.6) is 0 Å². The number of aryl methyl sites for hydroxylation is 2. The van der Waals surface area contributed by atoms with E-state index in [0.717, 1.165) is 44.0 Å². The van der Waals surface area contributed by atoms with Gasteiger partial charge in [0.25, 0.3) is 0 Å². The van der Waals surface area contributed by atoms with Gasteiger partial charge in [0.1, 0.15) is 0 Å². The van der Waals surface area contributed by atoms with Crippen molar-refractivity contribution in [1.29, 1.82) is 0 Å². The zero-order valence-electron chi connectivity index (χ0n) is 11.7. The summed E-state index contributed by atoms with van der Waals surface area (Å²) in [4.78, 5) is 12.6. The molecular weight excluding hydrogens is 276 g/mol. The van der Waals surface area contributed by atoms with E-state index in [1.54, 1.807) is 11.3 Å². The Bertz CT molecular complexity index is 436. The SMILES string of the molecule is CCc1nc(CCN=C(N)N2CCSCC2)sc1C. The van der Waals surface area contributed by atoms with Crippen LogP contribution in [0.2, 0.25) is 0 Å². The van der Waals surface area contributed by atoms with Crippen molar-refractivity contribution in [3.05, 3.63) is 15.6 Å². The van der Waals surface area contributed by atoms with Gasteiger partial charge < -0.3 is 10.6 Å². The van der Waals surface area contributed by atoms with Crippen LogP contribution in [0.4, 0.5) is 0 Å². The van der Waals surface area contributed by atoms with Crippen LogP contribution in [-0.4, -0.2) is 47.0 Å². The first-order chi connectivity index (χ1) is 9.20. The highest BCUT2D eigenvalue weighted by atomic mass is 32.2. The Labute approximate surface area is 123 Å². The summed E-state index contributed by atoms with van der Waals surface area (Å²) in [7, 11) is 0. The highest BCUT2D eigenvalue weighted by Gasteiger charge is 2.12. The molecule has 0 atom stereocenters. The Morgan fingerprint density at radius 2 is 2.16 bits per heavy atom. The highest BCUT2D eigenvalue weighted by Crippen LogP contribution is 2.18. The fraction of sp³-hybridized carbons (Fsp3) is 0.692. The normalized spacial score (nSPS) is 16.9. The van der Waals surface area contributed by atoms with Crippen LogP contribution in [0.25, 0.3) is 0 Å². The van der Waals surface area contributed by atoms with E-state index in [0.29, 0.717) is 5.96 Å². The fourth-order valence-electron chi connectivity index (χ4n) is 2.08. The van der Waals surface area contributed by atoms with E-state index in [4.69, 9.17) is 5.73 Å². The van der Waals surface area contributed by atoms with Gasteiger partial charge in [-0.1, -0.05) is 6.92 Å². The summed E-state index contributed by atoms with van der Waals surface area (Å²) in [6.45, 7) is 7.08. The van der Waals surface area contributed by atoms with Crippen molar-refractivity contribution in [2.24, 2.45) is 10.7 Å². The van der Waals surface area contributed by atoms with Crippen molar-refractivity contribution in [3.8, 4) is 0 Å². The summed E-state index contributed by atoms with van der Waals surface area (Å²) >= 11 is 3.77. The molecule has 2 rings (SSSR count). The van der Waals surface area contributed by atoms with Crippen LogP contribution in [0.1, 0.15) is 22.5 Å². The molecule has 2 N–H and O–H groups in total. The molecule has 2 heterocycles. The van der Waals surface area contributed by atoms with E-state index in [1.807, 2.05) is 11.8 Å². The molecule has 0 bridgehead atoms. The maximum Gasteiger partial charge on any atom is 0.191 e. The number of guanidine groups is 1. The van der Waals surface area contributed by atoms with Gasteiger partial charge in [0, 0.05) is 42.4 Å². The summed E-state index contributed by atoms with van der Waals surface area (Å²) in [5, 5.41) is 1.18. The second-order valence-electron chi connectivity index (χ2n) is 4.55. The monoisotopic (exact) mass is 298 g/mol. The van der Waals surface area contributed by atoms with Crippen molar-refractivity contribution in [1.82, 2.24) is 9.88 Å². The third-order valence-electron chi connectivity index (χ3n) is 3.21. The lowest BCUT2D eigenvalue weighted by Crippen LogP contribution is -2.42. The van der Waals surface area contributed by atoms with E-state index < -0.39 is 0 Å². The topological polar surface area (TPSA) is 54.5 Å². The number of rotatable bonds is 4. The maximum atomic E-state index is 6.02. The average Bonchev–Trinajstić information content (AvgIpc) is 2.80. The van der Waals surface area contributed by atoms with E-state index in [9.17, 15) is 0 Å². The Morgan fingerprint density at radius 1 is 1.42 bits per heavy atom. The minimum atomic E-state index is 0.698. The lowest BCUT2D eigenvalue weighted by atomic mass is 10.3. The standard InChI is InChI=1S/C13H22N4S2/c1-3-11-10(2)19-12(16-11)4-5-15-13(14)17-6-8-18-9-7-17/h3-9H2,1-2H3,(H2,14,15). The summed E-state index contributed by atoms with van der Waals surface area (Å²) in [5.74, 6) is 3.01. The van der Waals surface area contributed by atoms with Gasteiger partial charge >= 0.3 is 0 Å². The summed E-state index contributed by atoms with van der Waals surface area (Å²) in [6, 6.07) is 0. The van der Waals surface area contributed by atoms with Crippen LogP contribution < -0.4 is 5.73 Å². The third-order valence-corrected chi connectivity index (χ3v) is 5.22. The molecule has 0 spiro atoms. The molecule has 6 heteroatoms. The van der Waals surface area contributed by atoms with E-state index in [-0.39, 0.29) is 0 Å². The first-order valence-corrected chi connectivity index (χ1v) is 8.75. The molecule has 1 aromatic rings. The Kier molecular flexibility index (Phi) is 5.51. The molecule has 106 valence electrons. The Balaban J connectivity index is 1.84. The molecule has 1 fully saturated rings. The Hall–Kier alpha value is -0.750. The number of nitrogens with zero attached hydrogens (tertiary/aromatic N) is 3. The van der Waals surface area contributed by atoms with Gasteiger partial charge in [0.2, 0.25) is 0 Å². The van der Waals surface area contributed by atoms with Crippen molar-refractivity contribution in [2.45, 2.75) is 26.7 Å². The first kappa shape index (κ1) is 14.7. The zero-order chi connectivity index (χ0) is 13.7. The predicted molar refractivity (Wildman–Crippen MR) is 85.3 cm³/mol. The zero-order valence-corrected chi connectivity index (χ0v) is 13.3. The molecule has 1 aliphatic rings. The minimum Gasteiger partial charge on any atom is -0.370 e. The highest BCUT2D eigenvalue weighted by molar-refractivity contribution is 7.99. The second-order valence-corrected chi connectivity index (χ2v) is 7.07. The molecule has 19 heavy (non-hydrogen) atoms. The molecule has 0 unspecified atom stereocenters. The molecule has 1 aromatic heterocycles. The quantitative estimate of drug-likeness (QED) is 0.681. The molecule has 0 amide bonds. The number of aliphatic imine (C=N–C) groups is 1. The lowest BCUT2D eigenvalue weighted by molar-refractivity contribution is 0.456. The van der Waals surface area contributed by atoms with E-state index in [1.165, 1.54) is 15.6 Å². The predicted octanol–water partition coefficient (Wildman–Crippen LogP) is 1.92. The van der Waals surface area contributed by atoms with Gasteiger partial charge in [0.05, 0.1) is 10.7 Å². The molecular formula is C13H22N4S2. The van der Waals surface area contributed by atoms with Crippen molar-refractivity contribution >= 4 is 29.1 Å². The van der Waals surface area contributed by atoms with Gasteiger partial charge in [-0.25, -0.2) is 4.98 Å². The third kappa shape index (κ3) is 4.11. The number of aromatic nitrogens is 1. The molecule has 4 nitrogen and oxygen atoms in total. The first-order valence-electron chi connectivity index (χ1n) is 6.78. The molecule has 1 aliphatic heterocycles. The Morgan fingerprint density at radius 3 is 2.79 bits per heavy atom. The molecule has 1 saturated heterocycles. The molecule has 0 saturated carbocycles. The van der Waals surface area contributed by atoms with E-state index >= 15 is 0 Å². The second kappa shape index (κ2) is 7.14. The molecule has 0 radical (unpaired) electrons. The fourth-order valence-corrected chi connectivity index (χ4v) is 3.99. The average molecular weight is 298 g/mol. The van der Waals surface area contributed by atoms with Crippen LogP contribution in [0, 0.1) is 6.92 Å². The number of nitrogens with two attached hydrogens (primary N) is 1. The van der Waals surface area contributed by atoms with Crippen LogP contribution in [0.3, 0.4) is 0 Å². The number of thioether (sulfide) groups is 1. The number of hydrogen-bond acceptors (Lipinski definition) is 4. The van der Waals surface area contributed by atoms with Crippen molar-refractivity contribution in [2.75, 3.05) is 31.1 Å². The van der Waals surface area contributed by atoms with Gasteiger partial charge in [-0.05, 0) is 13.3 Å². The smallest absolute Gasteiger partial charge is 0.191 e. The van der Waals surface area contributed by atoms with Gasteiger partial charge in [0.15, 0.2) is 5.96 Å². The van der Waals surface area contributed by atoms with Gasteiger partial charge in [-0.3, -0.25) is 4.99 Å². The maximum absolute atomic E-state index is 6.02. The molecule has 0 aromatic carbocycles. The van der Waals surface area contributed by atoms with Crippen molar-refractivity contribution < 1.29 is 0 Å². The number of thiazole rings is 1. The van der Waals surface area contributed by atoms with E-state index in [2.05, 4.69) is 28.7 Å². The minimum absolute atomic E-state index is 0.698. The van der Waals surface area contributed by atoms with Gasteiger partial charge in [-0.2, -0.15) is 11.8 Å². The summed E-state index contributed by atoms with van der Waals surface area (Å²) < 4.78 is 0. The van der Waals surface area contributed by atoms with Crippen LogP contribution in [0.15, 0.2) is 4.99 Å². The summed E-state index contributed by atoms with van der Waals surface area (Å²) in [5.41, 5.74) is 7.25. The largest absolute Gasteiger partial charge is 0.370 e. The van der Waals surface area contributed by atoms with Crippen LogP contribution >= 0.6 is 23.1 Å². The number of hydrogen-bond donors (Lipinski definition) is 1.